The molecule has 0 unspecified atom stereocenters. The van der Waals surface area contributed by atoms with E-state index >= 15 is 0 Å². The summed E-state index contributed by atoms with van der Waals surface area (Å²) < 4.78 is 21.4. The van der Waals surface area contributed by atoms with Crippen LogP contribution in [0.25, 0.3) is 17.2 Å². The third-order valence-electron chi connectivity index (χ3n) is 4.32. The highest BCUT2D eigenvalue weighted by atomic mass is 79.9. The SMILES string of the molecule is O=c1ccn(-c2ncc(F)c(N3CCOCC3)n2)nc1-c1cc(Br)cc(Cl)c1O. The maximum absolute atomic E-state index is 14.3. The van der Waals surface area contributed by atoms with Gasteiger partial charge in [0.05, 0.1) is 30.0 Å². The van der Waals surface area contributed by atoms with Gasteiger partial charge in [-0.1, -0.05) is 27.5 Å². The quantitative estimate of drug-likeness (QED) is 0.613. The van der Waals surface area contributed by atoms with Crippen LogP contribution in [0.4, 0.5) is 10.2 Å². The Kier molecular flexibility index (Phi) is 5.48. The Balaban J connectivity index is 1.80. The van der Waals surface area contributed by atoms with Crippen LogP contribution in [0.15, 0.2) is 39.9 Å². The van der Waals surface area contributed by atoms with Gasteiger partial charge in [0.2, 0.25) is 5.43 Å². The predicted molar refractivity (Wildman–Crippen MR) is 108 cm³/mol. The lowest BCUT2D eigenvalue weighted by atomic mass is 10.1. The van der Waals surface area contributed by atoms with E-state index in [1.165, 1.54) is 29.1 Å². The van der Waals surface area contributed by atoms with Crippen molar-refractivity contribution in [1.82, 2.24) is 19.7 Å². The molecule has 4 rings (SSSR count). The molecule has 8 nitrogen and oxygen atoms in total. The molecule has 3 heterocycles. The van der Waals surface area contributed by atoms with Gasteiger partial charge in [0.15, 0.2) is 11.6 Å². The smallest absolute Gasteiger partial charge is 0.252 e. The van der Waals surface area contributed by atoms with Gasteiger partial charge in [-0.2, -0.15) is 10.1 Å². The van der Waals surface area contributed by atoms with Gasteiger partial charge in [0.25, 0.3) is 5.95 Å². The van der Waals surface area contributed by atoms with Crippen LogP contribution in [0.2, 0.25) is 5.02 Å². The first-order valence-corrected chi connectivity index (χ1v) is 9.75. The molecule has 3 aromatic rings. The number of nitrogens with zero attached hydrogens (tertiary/aromatic N) is 5. The zero-order chi connectivity index (χ0) is 20.5. The summed E-state index contributed by atoms with van der Waals surface area (Å²) in [5, 5.41) is 14.6. The summed E-state index contributed by atoms with van der Waals surface area (Å²) in [6.45, 7) is 1.95. The normalized spacial score (nSPS) is 14.2. The molecule has 1 aliphatic rings. The minimum atomic E-state index is -0.562. The molecule has 29 heavy (non-hydrogen) atoms. The highest BCUT2D eigenvalue weighted by molar-refractivity contribution is 9.10. The molecule has 0 aliphatic carbocycles. The number of phenols is 1. The number of aromatic nitrogens is 4. The van der Waals surface area contributed by atoms with E-state index in [9.17, 15) is 14.3 Å². The van der Waals surface area contributed by atoms with Crippen LogP contribution in [-0.2, 0) is 4.74 Å². The van der Waals surface area contributed by atoms with E-state index < -0.39 is 11.2 Å². The van der Waals surface area contributed by atoms with Crippen molar-refractivity contribution < 1.29 is 14.2 Å². The van der Waals surface area contributed by atoms with Crippen molar-refractivity contribution >= 4 is 33.3 Å². The van der Waals surface area contributed by atoms with Crippen LogP contribution in [0.5, 0.6) is 5.75 Å². The lowest BCUT2D eigenvalue weighted by Gasteiger charge is -2.28. The van der Waals surface area contributed by atoms with Gasteiger partial charge >= 0.3 is 0 Å². The van der Waals surface area contributed by atoms with Gasteiger partial charge < -0.3 is 14.7 Å². The van der Waals surface area contributed by atoms with Crippen LogP contribution in [0.3, 0.4) is 0 Å². The first-order chi connectivity index (χ1) is 13.9. The molecule has 1 fully saturated rings. The van der Waals surface area contributed by atoms with Crippen molar-refractivity contribution in [2.24, 2.45) is 0 Å². The Morgan fingerprint density at radius 3 is 2.79 bits per heavy atom. The number of anilines is 1. The molecule has 1 aromatic carbocycles. The number of ether oxygens (including phenoxy) is 1. The molecule has 1 aliphatic heterocycles. The molecule has 11 heteroatoms. The van der Waals surface area contributed by atoms with Crippen molar-refractivity contribution in [3.8, 4) is 23.0 Å². The summed E-state index contributed by atoms with van der Waals surface area (Å²) >= 11 is 9.28. The molecule has 0 bridgehead atoms. The van der Waals surface area contributed by atoms with Crippen molar-refractivity contribution in [2.75, 3.05) is 31.2 Å². The summed E-state index contributed by atoms with van der Waals surface area (Å²) in [4.78, 5) is 22.4. The second kappa shape index (κ2) is 8.05. The highest BCUT2D eigenvalue weighted by Gasteiger charge is 2.20. The maximum Gasteiger partial charge on any atom is 0.252 e. The van der Waals surface area contributed by atoms with Crippen molar-refractivity contribution in [2.45, 2.75) is 0 Å². The van der Waals surface area contributed by atoms with E-state index in [0.717, 1.165) is 6.20 Å². The third-order valence-corrected chi connectivity index (χ3v) is 5.07. The lowest BCUT2D eigenvalue weighted by Crippen LogP contribution is -2.37. The molecule has 0 atom stereocenters. The van der Waals surface area contributed by atoms with E-state index in [1.54, 1.807) is 4.90 Å². The zero-order valence-corrected chi connectivity index (χ0v) is 17.2. The van der Waals surface area contributed by atoms with E-state index in [0.29, 0.717) is 30.8 Å². The second-order valence-electron chi connectivity index (χ2n) is 6.20. The fourth-order valence-electron chi connectivity index (χ4n) is 2.91. The number of morpholine rings is 1. The van der Waals surface area contributed by atoms with E-state index in [1.807, 2.05) is 0 Å². The van der Waals surface area contributed by atoms with Crippen LogP contribution in [0.1, 0.15) is 0 Å². The molecule has 2 aromatic heterocycles. The summed E-state index contributed by atoms with van der Waals surface area (Å²) in [5.74, 6) is -0.622. The molecule has 1 saturated heterocycles. The third kappa shape index (κ3) is 3.96. The minimum absolute atomic E-state index is 0.0472. The number of aromatic hydroxyl groups is 1. The average Bonchev–Trinajstić information content (AvgIpc) is 2.72. The number of phenolic OH excluding ortho intramolecular Hbond substituents is 1. The summed E-state index contributed by atoms with van der Waals surface area (Å²) in [5.41, 5.74) is -0.325. The van der Waals surface area contributed by atoms with Crippen LogP contribution >= 0.6 is 27.5 Å². The van der Waals surface area contributed by atoms with E-state index in [2.05, 4.69) is 31.0 Å². The van der Waals surface area contributed by atoms with Gasteiger partial charge in [-0.05, 0) is 12.1 Å². The van der Waals surface area contributed by atoms with Gasteiger partial charge in [-0.3, -0.25) is 4.79 Å². The molecular weight excluding hydrogens is 469 g/mol. The Labute approximate surface area is 177 Å². The fraction of sp³-hybridized carbons (Fsp3) is 0.222. The summed E-state index contributed by atoms with van der Waals surface area (Å²) in [7, 11) is 0. The monoisotopic (exact) mass is 481 g/mol. The van der Waals surface area contributed by atoms with Crippen LogP contribution in [-0.4, -0.2) is 51.2 Å². The van der Waals surface area contributed by atoms with Gasteiger partial charge in [0.1, 0.15) is 11.4 Å². The van der Waals surface area contributed by atoms with Gasteiger partial charge in [0, 0.05) is 29.8 Å². The molecule has 0 amide bonds. The fourth-order valence-corrected chi connectivity index (χ4v) is 3.72. The molecule has 0 saturated carbocycles. The Morgan fingerprint density at radius 1 is 1.28 bits per heavy atom. The minimum Gasteiger partial charge on any atom is -0.506 e. The number of benzene rings is 1. The number of hydrogen-bond donors (Lipinski definition) is 1. The zero-order valence-electron chi connectivity index (χ0n) is 14.8. The lowest BCUT2D eigenvalue weighted by molar-refractivity contribution is 0.122. The topological polar surface area (TPSA) is 93.4 Å². The molecule has 0 spiro atoms. The predicted octanol–water partition coefficient (Wildman–Crippen LogP) is 2.79. The van der Waals surface area contributed by atoms with Gasteiger partial charge in [-0.15, -0.1) is 0 Å². The Morgan fingerprint density at radius 2 is 2.03 bits per heavy atom. The molecule has 0 radical (unpaired) electrons. The number of halogens is 3. The second-order valence-corrected chi connectivity index (χ2v) is 7.52. The van der Waals surface area contributed by atoms with Gasteiger partial charge in [-0.25, -0.2) is 14.1 Å². The molecule has 150 valence electrons. The Bertz CT molecular complexity index is 1140. The average molecular weight is 483 g/mol. The first kappa shape index (κ1) is 19.7. The Hall–Kier alpha value is -2.56. The summed E-state index contributed by atoms with van der Waals surface area (Å²) in [6, 6.07) is 4.29. The molecular formula is C18H14BrClFN5O3. The summed E-state index contributed by atoms with van der Waals surface area (Å²) in [6.07, 6.45) is 2.43. The number of rotatable bonds is 3. The van der Waals surface area contributed by atoms with Crippen molar-refractivity contribution in [3.63, 3.8) is 0 Å². The largest absolute Gasteiger partial charge is 0.506 e. The highest BCUT2D eigenvalue weighted by Crippen LogP contribution is 2.36. The molecule has 1 N–H and O–H groups in total. The first-order valence-electron chi connectivity index (χ1n) is 8.58. The standard InChI is InChI=1S/C18H14BrClFN5O3/c19-10-7-11(16(28)12(20)8-10)15-14(27)1-2-26(24-15)18-22-9-13(21)17(23-18)25-3-5-29-6-4-25/h1-2,7-9,28H,3-6H2. The van der Waals surface area contributed by atoms with E-state index in [4.69, 9.17) is 16.3 Å². The maximum atomic E-state index is 14.3. The van der Waals surface area contributed by atoms with E-state index in [-0.39, 0.29) is 33.8 Å². The van der Waals surface area contributed by atoms with Crippen LogP contribution in [0, 0.1) is 5.82 Å². The van der Waals surface area contributed by atoms with Crippen molar-refractivity contribution in [3.05, 3.63) is 56.1 Å². The van der Waals surface area contributed by atoms with Crippen LogP contribution < -0.4 is 10.3 Å². The number of hydrogen-bond acceptors (Lipinski definition) is 7. The van der Waals surface area contributed by atoms with Crippen molar-refractivity contribution in [1.29, 1.82) is 0 Å².